The lowest BCUT2D eigenvalue weighted by molar-refractivity contribution is 0.463. The Hall–Kier alpha value is -2.08. The van der Waals surface area contributed by atoms with Crippen molar-refractivity contribution in [2.75, 3.05) is 0 Å². The second kappa shape index (κ2) is 9.41. The predicted octanol–water partition coefficient (Wildman–Crippen LogP) is 7.51. The number of aryl methyl sites for hydroxylation is 3. The minimum absolute atomic E-state index is 0.531. The Morgan fingerprint density at radius 2 is 1.82 bits per heavy atom. The molecule has 0 amide bonds. The van der Waals surface area contributed by atoms with Gasteiger partial charge in [-0.25, -0.2) is 0 Å². The van der Waals surface area contributed by atoms with Crippen LogP contribution in [0.3, 0.4) is 0 Å². The van der Waals surface area contributed by atoms with Gasteiger partial charge >= 0.3 is 0 Å². The Morgan fingerprint density at radius 1 is 1.07 bits per heavy atom. The van der Waals surface area contributed by atoms with Gasteiger partial charge in [-0.2, -0.15) is 0 Å². The smallest absolute Gasteiger partial charge is 0.0140 e. The molecule has 0 aliphatic heterocycles. The van der Waals surface area contributed by atoms with Crippen molar-refractivity contribution in [3.05, 3.63) is 95.1 Å². The molecule has 0 N–H and O–H groups in total. The Labute approximate surface area is 172 Å². The molecule has 0 heterocycles. The van der Waals surface area contributed by atoms with Crippen molar-refractivity contribution < 1.29 is 0 Å². The Balaban J connectivity index is 1.56. The van der Waals surface area contributed by atoms with E-state index in [1.165, 1.54) is 46.2 Å². The monoisotopic (exact) mass is 372 g/mol. The van der Waals surface area contributed by atoms with Gasteiger partial charge in [-0.3, -0.25) is 0 Å². The highest BCUT2D eigenvalue weighted by molar-refractivity contribution is 5.29. The van der Waals surface area contributed by atoms with Crippen molar-refractivity contribution >= 4 is 0 Å². The molecule has 0 aromatic heterocycles. The maximum absolute atomic E-state index is 4.55. The van der Waals surface area contributed by atoms with E-state index in [2.05, 4.69) is 82.5 Å². The zero-order valence-corrected chi connectivity index (χ0v) is 18.0. The van der Waals surface area contributed by atoms with E-state index in [1.807, 2.05) is 0 Å². The molecule has 2 aromatic rings. The summed E-state index contributed by atoms with van der Waals surface area (Å²) in [5, 5.41) is 0. The van der Waals surface area contributed by atoms with E-state index >= 15 is 0 Å². The zero-order chi connectivity index (χ0) is 20.1. The van der Waals surface area contributed by atoms with Crippen LogP contribution < -0.4 is 0 Å². The van der Waals surface area contributed by atoms with Gasteiger partial charge in [-0.1, -0.05) is 86.7 Å². The van der Waals surface area contributed by atoms with E-state index in [0.29, 0.717) is 17.8 Å². The zero-order valence-electron chi connectivity index (χ0n) is 18.0. The average Bonchev–Trinajstić information content (AvgIpc) is 3.07. The SMILES string of the molecule is C=C(CCc1cccc(CC)c1)C(C)C1CCC(Cc2ccccc2C)C1=C. The van der Waals surface area contributed by atoms with Gasteiger partial charge in [0.25, 0.3) is 0 Å². The van der Waals surface area contributed by atoms with Gasteiger partial charge < -0.3 is 0 Å². The van der Waals surface area contributed by atoms with E-state index in [1.54, 1.807) is 0 Å². The van der Waals surface area contributed by atoms with Gasteiger partial charge in [0.05, 0.1) is 0 Å². The second-order valence-electron chi connectivity index (χ2n) is 8.71. The van der Waals surface area contributed by atoms with Gasteiger partial charge in [0.2, 0.25) is 0 Å². The van der Waals surface area contributed by atoms with Crippen LogP contribution in [0.4, 0.5) is 0 Å². The summed E-state index contributed by atoms with van der Waals surface area (Å²) in [6, 6.07) is 17.8. The quantitative estimate of drug-likeness (QED) is 0.421. The second-order valence-corrected chi connectivity index (χ2v) is 8.71. The highest BCUT2D eigenvalue weighted by Gasteiger charge is 2.33. The van der Waals surface area contributed by atoms with Gasteiger partial charge in [0, 0.05) is 0 Å². The summed E-state index contributed by atoms with van der Waals surface area (Å²) < 4.78 is 0. The van der Waals surface area contributed by atoms with E-state index in [0.717, 1.165) is 25.7 Å². The number of allylic oxidation sites excluding steroid dienone is 2. The van der Waals surface area contributed by atoms with Crippen molar-refractivity contribution in [3.63, 3.8) is 0 Å². The molecule has 0 heteroatoms. The predicted molar refractivity (Wildman–Crippen MR) is 123 cm³/mol. The van der Waals surface area contributed by atoms with E-state index in [-0.39, 0.29) is 0 Å². The van der Waals surface area contributed by atoms with Crippen LogP contribution in [0.15, 0.2) is 72.8 Å². The summed E-state index contributed by atoms with van der Waals surface area (Å²) in [5.74, 6) is 1.76. The molecule has 0 nitrogen and oxygen atoms in total. The molecule has 0 saturated heterocycles. The molecule has 2 aromatic carbocycles. The maximum atomic E-state index is 4.55. The normalized spacial score (nSPS) is 20.3. The van der Waals surface area contributed by atoms with Crippen molar-refractivity contribution in [3.8, 4) is 0 Å². The van der Waals surface area contributed by atoms with Gasteiger partial charge in [0.1, 0.15) is 0 Å². The minimum atomic E-state index is 0.531. The molecule has 1 aliphatic carbocycles. The molecule has 148 valence electrons. The molecule has 28 heavy (non-hydrogen) atoms. The molecule has 3 unspecified atom stereocenters. The lowest BCUT2D eigenvalue weighted by atomic mass is 9.80. The van der Waals surface area contributed by atoms with E-state index < -0.39 is 0 Å². The highest BCUT2D eigenvalue weighted by Crippen LogP contribution is 2.44. The van der Waals surface area contributed by atoms with Gasteiger partial charge in [-0.15, -0.1) is 0 Å². The molecule has 3 atom stereocenters. The Bertz CT molecular complexity index is 825. The first-order valence-electron chi connectivity index (χ1n) is 11.0. The van der Waals surface area contributed by atoms with E-state index in [9.17, 15) is 0 Å². The van der Waals surface area contributed by atoms with Crippen molar-refractivity contribution in [1.82, 2.24) is 0 Å². The highest BCUT2D eigenvalue weighted by atomic mass is 14.4. The molecular formula is C28H36. The molecule has 0 radical (unpaired) electrons. The number of rotatable bonds is 8. The summed E-state index contributed by atoms with van der Waals surface area (Å²) in [4.78, 5) is 0. The molecule has 0 spiro atoms. The van der Waals surface area contributed by atoms with Crippen LogP contribution in [-0.2, 0) is 19.3 Å². The van der Waals surface area contributed by atoms with Crippen LogP contribution in [0.1, 0.15) is 55.4 Å². The number of benzene rings is 2. The third-order valence-corrected chi connectivity index (χ3v) is 6.94. The Kier molecular flexibility index (Phi) is 6.94. The Morgan fingerprint density at radius 3 is 2.57 bits per heavy atom. The lowest BCUT2D eigenvalue weighted by Gasteiger charge is -2.24. The molecule has 0 bridgehead atoms. The summed E-state index contributed by atoms with van der Waals surface area (Å²) in [5.41, 5.74) is 8.62. The van der Waals surface area contributed by atoms with Gasteiger partial charge in [-0.05, 0) is 85.5 Å². The third-order valence-electron chi connectivity index (χ3n) is 6.94. The topological polar surface area (TPSA) is 0 Å². The molecular weight excluding hydrogens is 336 g/mol. The van der Waals surface area contributed by atoms with Crippen LogP contribution in [-0.4, -0.2) is 0 Å². The van der Waals surface area contributed by atoms with Crippen molar-refractivity contribution in [2.24, 2.45) is 17.8 Å². The molecule has 3 rings (SSSR count). The van der Waals surface area contributed by atoms with Crippen LogP contribution >= 0.6 is 0 Å². The van der Waals surface area contributed by atoms with Crippen molar-refractivity contribution in [1.29, 1.82) is 0 Å². The first-order chi connectivity index (χ1) is 13.5. The fraction of sp³-hybridized carbons (Fsp3) is 0.429. The summed E-state index contributed by atoms with van der Waals surface area (Å²) in [7, 11) is 0. The minimum Gasteiger partial charge on any atom is -0.0996 e. The molecule has 1 fully saturated rings. The number of hydrogen-bond acceptors (Lipinski definition) is 0. The molecule has 1 aliphatic rings. The fourth-order valence-corrected chi connectivity index (χ4v) is 4.79. The van der Waals surface area contributed by atoms with Crippen LogP contribution in [0, 0.1) is 24.7 Å². The summed E-state index contributed by atoms with van der Waals surface area (Å²) in [6.07, 6.45) is 6.97. The lowest BCUT2D eigenvalue weighted by Crippen LogP contribution is -2.14. The van der Waals surface area contributed by atoms with Gasteiger partial charge in [0.15, 0.2) is 0 Å². The largest absolute Gasteiger partial charge is 0.0996 e. The third kappa shape index (κ3) is 4.85. The van der Waals surface area contributed by atoms with E-state index in [4.69, 9.17) is 0 Å². The van der Waals surface area contributed by atoms with Crippen LogP contribution in [0.2, 0.25) is 0 Å². The summed E-state index contributed by atoms with van der Waals surface area (Å²) in [6.45, 7) is 15.8. The van der Waals surface area contributed by atoms with Crippen molar-refractivity contribution in [2.45, 2.75) is 59.3 Å². The van der Waals surface area contributed by atoms with Crippen LogP contribution in [0.25, 0.3) is 0 Å². The average molecular weight is 373 g/mol. The number of hydrogen-bond donors (Lipinski definition) is 0. The fourth-order valence-electron chi connectivity index (χ4n) is 4.79. The summed E-state index contributed by atoms with van der Waals surface area (Å²) >= 11 is 0. The van der Waals surface area contributed by atoms with Crippen LogP contribution in [0.5, 0.6) is 0 Å². The molecule has 1 saturated carbocycles. The maximum Gasteiger partial charge on any atom is -0.0140 e. The first-order valence-corrected chi connectivity index (χ1v) is 11.0. The first kappa shape index (κ1) is 20.6. The standard InChI is InChI=1S/C28H36/c1-6-24-11-9-12-25(18-24)15-14-20(2)22(4)28-17-16-27(23(28)5)19-26-13-8-7-10-21(26)3/h7-13,18,22,27-28H,2,5-6,14-17,19H2,1,3-4H3.